The lowest BCUT2D eigenvalue weighted by Crippen LogP contribution is -2.40. The smallest absolute Gasteiger partial charge is 0.243 e. The minimum atomic E-state index is -3.66. The van der Waals surface area contributed by atoms with Crippen molar-refractivity contribution in [3.63, 3.8) is 0 Å². The molecule has 0 aliphatic carbocycles. The average molecular weight is 494 g/mol. The fourth-order valence-electron chi connectivity index (χ4n) is 4.15. The summed E-state index contributed by atoms with van der Waals surface area (Å²) in [5, 5.41) is 6.21. The molecule has 0 bridgehead atoms. The number of aryl methyl sites for hydroxylation is 1. The fraction of sp³-hybridized carbons (Fsp3) is 0.296. The zero-order chi connectivity index (χ0) is 24.7. The summed E-state index contributed by atoms with van der Waals surface area (Å²) in [4.78, 5) is 13.0. The van der Waals surface area contributed by atoms with Gasteiger partial charge in [0.25, 0.3) is 0 Å². The SMILES string of the molecule is Cc1ccc(NC(=O)CNC(Cc2ccccc2)c2ccccc2)cc1S(=O)(=O)N1CCOCC1. The van der Waals surface area contributed by atoms with Crippen LogP contribution in [-0.2, 0) is 26.0 Å². The molecule has 1 atom stereocenters. The van der Waals surface area contributed by atoms with Crippen molar-refractivity contribution in [2.24, 2.45) is 0 Å². The molecule has 0 radical (unpaired) electrons. The van der Waals surface area contributed by atoms with E-state index in [1.807, 2.05) is 48.5 Å². The first-order valence-corrected chi connectivity index (χ1v) is 13.2. The van der Waals surface area contributed by atoms with Crippen LogP contribution in [0.2, 0.25) is 0 Å². The largest absolute Gasteiger partial charge is 0.379 e. The van der Waals surface area contributed by atoms with Gasteiger partial charge in [0, 0.05) is 24.8 Å². The Bertz CT molecular complexity index is 1230. The first kappa shape index (κ1) is 25.1. The van der Waals surface area contributed by atoms with Crippen molar-refractivity contribution in [3.05, 3.63) is 95.6 Å². The molecule has 8 heteroatoms. The number of carbonyl (C=O) groups is 1. The molecule has 1 aliphatic heterocycles. The number of nitrogens with one attached hydrogen (secondary N) is 2. The zero-order valence-electron chi connectivity index (χ0n) is 19.8. The standard InChI is InChI=1S/C27H31N3O4S/c1-21-12-13-24(19-26(21)35(32,33)30-14-16-34-17-15-30)29-27(31)20-28-25(23-10-6-3-7-11-23)18-22-8-4-2-5-9-22/h2-13,19,25,28H,14-18,20H2,1H3,(H,29,31). The molecule has 0 saturated carbocycles. The number of carbonyl (C=O) groups excluding carboxylic acids is 1. The first-order chi connectivity index (χ1) is 16.9. The Morgan fingerprint density at radius 2 is 1.63 bits per heavy atom. The van der Waals surface area contributed by atoms with Crippen molar-refractivity contribution in [3.8, 4) is 0 Å². The molecule has 35 heavy (non-hydrogen) atoms. The van der Waals surface area contributed by atoms with Crippen molar-refractivity contribution < 1.29 is 17.9 Å². The Morgan fingerprint density at radius 1 is 0.971 bits per heavy atom. The number of benzene rings is 3. The van der Waals surface area contributed by atoms with Gasteiger partial charge >= 0.3 is 0 Å². The van der Waals surface area contributed by atoms with Gasteiger partial charge in [0.2, 0.25) is 15.9 Å². The third kappa shape index (κ3) is 6.55. The number of sulfonamides is 1. The molecule has 184 valence electrons. The Kier molecular flexibility index (Phi) is 8.30. The van der Waals surface area contributed by atoms with Gasteiger partial charge < -0.3 is 15.4 Å². The van der Waals surface area contributed by atoms with E-state index in [4.69, 9.17) is 4.74 Å². The molecule has 0 aromatic heterocycles. The van der Waals surface area contributed by atoms with E-state index in [1.54, 1.807) is 19.1 Å². The van der Waals surface area contributed by atoms with Crippen molar-refractivity contribution in [2.75, 3.05) is 38.2 Å². The first-order valence-electron chi connectivity index (χ1n) is 11.7. The van der Waals surface area contributed by atoms with Gasteiger partial charge in [-0.15, -0.1) is 0 Å². The molecule has 1 saturated heterocycles. The molecular weight excluding hydrogens is 462 g/mol. The highest BCUT2D eigenvalue weighted by molar-refractivity contribution is 7.89. The van der Waals surface area contributed by atoms with E-state index in [0.717, 1.165) is 12.0 Å². The Morgan fingerprint density at radius 3 is 2.31 bits per heavy atom. The number of morpholine rings is 1. The normalized spacial score (nSPS) is 15.5. The van der Waals surface area contributed by atoms with Gasteiger partial charge in [-0.05, 0) is 42.2 Å². The number of nitrogens with zero attached hydrogens (tertiary/aromatic N) is 1. The summed E-state index contributed by atoms with van der Waals surface area (Å²) in [6.45, 7) is 3.26. The molecule has 4 rings (SSSR count). The van der Waals surface area contributed by atoms with Crippen LogP contribution in [0.4, 0.5) is 5.69 Å². The van der Waals surface area contributed by atoms with E-state index < -0.39 is 10.0 Å². The number of ether oxygens (including phenoxy) is 1. The summed E-state index contributed by atoms with van der Waals surface area (Å²) in [7, 11) is -3.66. The lowest BCUT2D eigenvalue weighted by Gasteiger charge is -2.27. The van der Waals surface area contributed by atoms with Crippen LogP contribution >= 0.6 is 0 Å². The maximum absolute atomic E-state index is 13.1. The predicted octanol–water partition coefficient (Wildman–Crippen LogP) is 3.53. The molecule has 1 fully saturated rings. The molecule has 1 unspecified atom stereocenters. The second kappa shape index (κ2) is 11.6. The second-order valence-corrected chi connectivity index (χ2v) is 10.5. The highest BCUT2D eigenvalue weighted by Gasteiger charge is 2.28. The Labute approximate surface area is 207 Å². The summed E-state index contributed by atoms with van der Waals surface area (Å²) in [6.07, 6.45) is 0.741. The van der Waals surface area contributed by atoms with Crippen molar-refractivity contribution in [1.29, 1.82) is 0 Å². The van der Waals surface area contributed by atoms with Gasteiger partial charge in [-0.25, -0.2) is 8.42 Å². The maximum atomic E-state index is 13.1. The summed E-state index contributed by atoms with van der Waals surface area (Å²) < 4.78 is 33.0. The van der Waals surface area contributed by atoms with Crippen LogP contribution in [0.5, 0.6) is 0 Å². The van der Waals surface area contributed by atoms with Crippen molar-refractivity contribution in [2.45, 2.75) is 24.3 Å². The maximum Gasteiger partial charge on any atom is 0.243 e. The van der Waals surface area contributed by atoms with Gasteiger partial charge in [-0.1, -0.05) is 66.7 Å². The van der Waals surface area contributed by atoms with E-state index in [0.29, 0.717) is 37.6 Å². The van der Waals surface area contributed by atoms with Gasteiger partial charge in [0.05, 0.1) is 24.7 Å². The Balaban J connectivity index is 1.44. The molecule has 1 amide bonds. The van der Waals surface area contributed by atoms with E-state index >= 15 is 0 Å². The Hall–Kier alpha value is -3.04. The quantitative estimate of drug-likeness (QED) is 0.476. The van der Waals surface area contributed by atoms with Gasteiger partial charge in [-0.3, -0.25) is 4.79 Å². The van der Waals surface area contributed by atoms with Crippen LogP contribution in [0.15, 0.2) is 83.8 Å². The number of hydrogen-bond acceptors (Lipinski definition) is 5. The van der Waals surface area contributed by atoms with E-state index in [-0.39, 0.29) is 23.4 Å². The number of amides is 1. The van der Waals surface area contributed by atoms with Gasteiger partial charge in [0.15, 0.2) is 0 Å². The summed E-state index contributed by atoms with van der Waals surface area (Å²) in [5.74, 6) is -0.238. The molecule has 3 aromatic rings. The molecule has 3 aromatic carbocycles. The molecule has 7 nitrogen and oxygen atoms in total. The predicted molar refractivity (Wildman–Crippen MR) is 137 cm³/mol. The van der Waals surface area contributed by atoms with Crippen molar-refractivity contribution >= 4 is 21.6 Å². The van der Waals surface area contributed by atoms with Crippen LogP contribution < -0.4 is 10.6 Å². The van der Waals surface area contributed by atoms with E-state index in [9.17, 15) is 13.2 Å². The lowest BCUT2D eigenvalue weighted by atomic mass is 9.99. The minimum Gasteiger partial charge on any atom is -0.379 e. The fourth-order valence-corrected chi connectivity index (χ4v) is 5.80. The van der Waals surface area contributed by atoms with Crippen molar-refractivity contribution in [1.82, 2.24) is 9.62 Å². The molecule has 2 N–H and O–H groups in total. The highest BCUT2D eigenvalue weighted by Crippen LogP contribution is 2.24. The number of rotatable bonds is 9. The van der Waals surface area contributed by atoms with Crippen LogP contribution in [-0.4, -0.2) is 51.5 Å². The second-order valence-electron chi connectivity index (χ2n) is 8.58. The molecule has 0 spiro atoms. The average Bonchev–Trinajstić information content (AvgIpc) is 2.89. The highest BCUT2D eigenvalue weighted by atomic mass is 32.2. The monoisotopic (exact) mass is 493 g/mol. The van der Waals surface area contributed by atoms with Crippen LogP contribution in [0.1, 0.15) is 22.7 Å². The van der Waals surface area contributed by atoms with Crippen LogP contribution in [0.3, 0.4) is 0 Å². The summed E-state index contributed by atoms with van der Waals surface area (Å²) in [5.41, 5.74) is 3.36. The van der Waals surface area contributed by atoms with Crippen LogP contribution in [0.25, 0.3) is 0 Å². The third-order valence-corrected chi connectivity index (χ3v) is 8.09. The third-order valence-electron chi connectivity index (χ3n) is 6.05. The number of anilines is 1. The van der Waals surface area contributed by atoms with Gasteiger partial charge in [0.1, 0.15) is 0 Å². The summed E-state index contributed by atoms with van der Waals surface area (Å²) >= 11 is 0. The topological polar surface area (TPSA) is 87.7 Å². The van der Waals surface area contributed by atoms with Crippen LogP contribution in [0, 0.1) is 6.92 Å². The van der Waals surface area contributed by atoms with Gasteiger partial charge in [-0.2, -0.15) is 4.31 Å². The minimum absolute atomic E-state index is 0.0420. The van der Waals surface area contributed by atoms with E-state index in [2.05, 4.69) is 22.8 Å². The molecule has 1 heterocycles. The molecular formula is C27H31N3O4S. The zero-order valence-corrected chi connectivity index (χ0v) is 20.6. The van der Waals surface area contributed by atoms with E-state index in [1.165, 1.54) is 15.9 Å². The molecule has 1 aliphatic rings. The number of hydrogen-bond donors (Lipinski definition) is 2. The summed E-state index contributed by atoms with van der Waals surface area (Å²) in [6, 6.07) is 25.1. The lowest BCUT2D eigenvalue weighted by molar-refractivity contribution is -0.115.